The monoisotopic (exact) mass is 514 g/mol. The van der Waals surface area contributed by atoms with Crippen LogP contribution >= 0.6 is 11.6 Å². The van der Waals surface area contributed by atoms with E-state index in [1.807, 2.05) is 6.92 Å². The van der Waals surface area contributed by atoms with Gasteiger partial charge >= 0.3 is 0 Å². The highest BCUT2D eigenvalue weighted by Crippen LogP contribution is 2.28. The number of primary amides is 1. The zero-order chi connectivity index (χ0) is 26.1. The Kier molecular flexibility index (Phi) is 7.12. The van der Waals surface area contributed by atoms with Crippen LogP contribution in [-0.4, -0.2) is 29.1 Å². The number of hydrogen-bond acceptors (Lipinski definition) is 4. The first-order valence-corrected chi connectivity index (χ1v) is 11.5. The molecule has 2 aromatic carbocycles. The number of fused-ring (bicyclic) bond motifs is 1. The van der Waals surface area contributed by atoms with E-state index in [0.717, 1.165) is 23.8 Å². The van der Waals surface area contributed by atoms with Crippen molar-refractivity contribution in [1.29, 1.82) is 0 Å². The van der Waals surface area contributed by atoms with E-state index in [-0.39, 0.29) is 33.1 Å². The first kappa shape index (κ1) is 25.4. The van der Waals surface area contributed by atoms with Crippen LogP contribution in [0, 0.1) is 23.4 Å². The van der Waals surface area contributed by atoms with Crippen molar-refractivity contribution in [2.75, 3.05) is 6.54 Å². The number of allylic oxidation sites excluding steroid dienone is 2. The highest BCUT2D eigenvalue weighted by Gasteiger charge is 2.24. The Morgan fingerprint density at radius 3 is 2.53 bits per heavy atom. The van der Waals surface area contributed by atoms with Gasteiger partial charge in [0.25, 0.3) is 11.8 Å². The van der Waals surface area contributed by atoms with Gasteiger partial charge in [0.1, 0.15) is 11.5 Å². The second-order valence-electron chi connectivity index (χ2n) is 8.62. The fourth-order valence-corrected chi connectivity index (χ4v) is 4.45. The number of aliphatic imine (C=N–C) groups is 1. The topological polar surface area (TPSA) is 97.4 Å². The van der Waals surface area contributed by atoms with Crippen molar-refractivity contribution < 1.29 is 22.8 Å². The molecule has 2 amide bonds. The van der Waals surface area contributed by atoms with Crippen LogP contribution < -0.4 is 11.1 Å². The van der Waals surface area contributed by atoms with E-state index >= 15 is 0 Å². The third kappa shape index (κ3) is 5.11. The number of nitrogens with two attached hydrogens (primary N) is 1. The molecule has 0 fully saturated rings. The lowest BCUT2D eigenvalue weighted by Crippen LogP contribution is -2.29. The van der Waals surface area contributed by atoms with Gasteiger partial charge in [0, 0.05) is 18.0 Å². The highest BCUT2D eigenvalue weighted by molar-refractivity contribution is 6.31. The SMILES string of the molecule is CC1=NCCC(Cc2ccc(F)c(F)c2)C(C)=C1NC(=O)c1cc(C(N)=O)nc2cc(F)c(Cl)cc12. The van der Waals surface area contributed by atoms with E-state index in [1.54, 1.807) is 6.92 Å². The van der Waals surface area contributed by atoms with Crippen molar-refractivity contribution in [1.82, 2.24) is 10.3 Å². The number of amides is 2. The van der Waals surface area contributed by atoms with Crippen LogP contribution in [0.5, 0.6) is 0 Å². The Bertz CT molecular complexity index is 1470. The van der Waals surface area contributed by atoms with E-state index in [4.69, 9.17) is 17.3 Å². The maximum Gasteiger partial charge on any atom is 0.267 e. The smallest absolute Gasteiger partial charge is 0.267 e. The first-order chi connectivity index (χ1) is 17.0. The van der Waals surface area contributed by atoms with E-state index in [1.165, 1.54) is 18.2 Å². The Morgan fingerprint density at radius 1 is 1.08 bits per heavy atom. The van der Waals surface area contributed by atoms with E-state index in [0.29, 0.717) is 36.4 Å². The largest absolute Gasteiger partial charge is 0.364 e. The summed E-state index contributed by atoms with van der Waals surface area (Å²) in [6, 6.07) is 7.30. The van der Waals surface area contributed by atoms with Gasteiger partial charge in [-0.05, 0) is 68.0 Å². The summed E-state index contributed by atoms with van der Waals surface area (Å²) in [6.07, 6.45) is 1.06. The van der Waals surface area contributed by atoms with Crippen molar-refractivity contribution in [3.05, 3.63) is 87.0 Å². The summed E-state index contributed by atoms with van der Waals surface area (Å²) in [4.78, 5) is 33.8. The second kappa shape index (κ2) is 10.1. The molecule has 1 aromatic heterocycles. The summed E-state index contributed by atoms with van der Waals surface area (Å²) < 4.78 is 41.2. The normalized spacial score (nSPS) is 16.1. The van der Waals surface area contributed by atoms with Gasteiger partial charge in [-0.3, -0.25) is 14.6 Å². The minimum atomic E-state index is -0.923. The van der Waals surface area contributed by atoms with Gasteiger partial charge in [-0.1, -0.05) is 17.7 Å². The molecule has 3 aromatic rings. The zero-order valence-corrected chi connectivity index (χ0v) is 20.2. The van der Waals surface area contributed by atoms with Crippen molar-refractivity contribution in [3.63, 3.8) is 0 Å². The van der Waals surface area contributed by atoms with Gasteiger partial charge in [-0.25, -0.2) is 18.2 Å². The van der Waals surface area contributed by atoms with Crippen LogP contribution in [0.3, 0.4) is 0 Å². The Balaban J connectivity index is 1.73. The molecule has 1 aliphatic rings. The lowest BCUT2D eigenvalue weighted by atomic mass is 9.88. The number of rotatable bonds is 5. The summed E-state index contributed by atoms with van der Waals surface area (Å²) in [7, 11) is 0. The Hall–Kier alpha value is -3.72. The third-order valence-electron chi connectivity index (χ3n) is 6.25. The van der Waals surface area contributed by atoms with Gasteiger partial charge in [0.05, 0.1) is 27.5 Å². The Labute approximate surface area is 210 Å². The summed E-state index contributed by atoms with van der Waals surface area (Å²) in [6.45, 7) is 4.08. The number of aromatic nitrogens is 1. The second-order valence-corrected chi connectivity index (χ2v) is 9.03. The average molecular weight is 515 g/mol. The Morgan fingerprint density at radius 2 is 1.83 bits per heavy atom. The molecular weight excluding hydrogens is 493 g/mol. The van der Waals surface area contributed by atoms with Crippen molar-refractivity contribution in [3.8, 4) is 0 Å². The van der Waals surface area contributed by atoms with Gasteiger partial charge in [0.15, 0.2) is 11.6 Å². The molecule has 0 saturated carbocycles. The molecule has 3 N–H and O–H groups in total. The van der Waals surface area contributed by atoms with Crippen molar-refractivity contribution in [2.45, 2.75) is 26.7 Å². The predicted octanol–water partition coefficient (Wildman–Crippen LogP) is 5.13. The minimum absolute atomic E-state index is 0.0326. The van der Waals surface area contributed by atoms with Crippen LogP contribution in [-0.2, 0) is 6.42 Å². The molecule has 0 spiro atoms. The summed E-state index contributed by atoms with van der Waals surface area (Å²) in [5.74, 6) is -4.17. The van der Waals surface area contributed by atoms with Crippen LogP contribution in [0.1, 0.15) is 46.7 Å². The number of halogens is 4. The van der Waals surface area contributed by atoms with Gasteiger partial charge < -0.3 is 11.1 Å². The lowest BCUT2D eigenvalue weighted by Gasteiger charge is -2.20. The van der Waals surface area contributed by atoms with Gasteiger partial charge in [0.2, 0.25) is 0 Å². The number of carbonyl (C=O) groups is 2. The van der Waals surface area contributed by atoms with Crippen LogP contribution in [0.4, 0.5) is 13.2 Å². The van der Waals surface area contributed by atoms with Gasteiger partial charge in [-0.2, -0.15) is 0 Å². The predicted molar refractivity (Wildman–Crippen MR) is 132 cm³/mol. The number of carbonyl (C=O) groups excluding carboxylic acids is 2. The molecule has 0 aliphatic carbocycles. The zero-order valence-electron chi connectivity index (χ0n) is 19.5. The van der Waals surface area contributed by atoms with Crippen molar-refractivity contribution in [2.24, 2.45) is 16.6 Å². The molecule has 36 heavy (non-hydrogen) atoms. The quantitative estimate of drug-likeness (QED) is 0.494. The molecule has 0 saturated heterocycles. The summed E-state index contributed by atoms with van der Waals surface area (Å²) in [5.41, 5.74) is 7.74. The minimum Gasteiger partial charge on any atom is -0.364 e. The molecular formula is C26H22ClF3N4O2. The molecule has 1 aliphatic heterocycles. The van der Waals surface area contributed by atoms with E-state index in [9.17, 15) is 22.8 Å². The maximum atomic E-state index is 14.0. The molecule has 6 nitrogen and oxygen atoms in total. The lowest BCUT2D eigenvalue weighted by molar-refractivity contribution is 0.0968. The molecule has 1 unspecified atom stereocenters. The average Bonchev–Trinajstić information content (AvgIpc) is 2.95. The molecule has 2 heterocycles. The molecule has 10 heteroatoms. The number of nitrogens with zero attached hydrogens (tertiary/aromatic N) is 2. The fourth-order valence-electron chi connectivity index (χ4n) is 4.28. The van der Waals surface area contributed by atoms with Crippen LogP contribution in [0.2, 0.25) is 5.02 Å². The number of pyridine rings is 1. The number of nitrogens with one attached hydrogen (secondary N) is 1. The molecule has 186 valence electrons. The van der Waals surface area contributed by atoms with E-state index < -0.39 is 29.3 Å². The summed E-state index contributed by atoms with van der Waals surface area (Å²) in [5, 5.41) is 2.89. The standard InChI is InChI=1S/C26H22ClF3N4O2/c1-12-15(7-14-3-4-19(28)21(30)8-14)5-6-32-13(2)24(12)34-26(36)17-10-23(25(31)35)33-22-11-20(29)18(27)9-16(17)22/h3-4,8-11,15H,5-7H2,1-2H3,(H2,31,35)(H,34,36). The molecule has 0 radical (unpaired) electrons. The van der Waals surface area contributed by atoms with Crippen molar-refractivity contribution >= 4 is 40.0 Å². The number of benzene rings is 2. The van der Waals surface area contributed by atoms with Gasteiger partial charge in [-0.15, -0.1) is 0 Å². The van der Waals surface area contributed by atoms with Crippen LogP contribution in [0.25, 0.3) is 10.9 Å². The molecule has 4 rings (SSSR count). The summed E-state index contributed by atoms with van der Waals surface area (Å²) >= 11 is 5.94. The molecule has 0 bridgehead atoms. The number of hydrogen-bond donors (Lipinski definition) is 2. The fraction of sp³-hybridized carbons (Fsp3) is 0.231. The highest BCUT2D eigenvalue weighted by atomic mass is 35.5. The molecule has 1 atom stereocenters. The van der Waals surface area contributed by atoms with Crippen LogP contribution in [0.15, 0.2) is 52.7 Å². The van der Waals surface area contributed by atoms with E-state index in [2.05, 4.69) is 15.3 Å². The maximum absolute atomic E-state index is 14.0. The first-order valence-electron chi connectivity index (χ1n) is 11.1. The third-order valence-corrected chi connectivity index (χ3v) is 6.54.